The average molecular weight is 213 g/mol. The second-order valence-electron chi connectivity index (χ2n) is 4.84. The molecule has 0 aromatic carbocycles. The predicted octanol–water partition coefficient (Wildman–Crippen LogP) is 0.991. The van der Waals surface area contributed by atoms with Crippen LogP contribution in [0.25, 0.3) is 0 Å². The first-order valence-electron chi connectivity index (χ1n) is 5.25. The number of morpholine rings is 1. The van der Waals surface area contributed by atoms with Crippen molar-refractivity contribution < 1.29 is 14.3 Å². The Morgan fingerprint density at radius 1 is 1.47 bits per heavy atom. The van der Waals surface area contributed by atoms with Crippen LogP contribution >= 0.6 is 0 Å². The minimum Gasteiger partial charge on any atom is -0.369 e. The zero-order chi connectivity index (χ0) is 11.6. The highest BCUT2D eigenvalue weighted by atomic mass is 16.5. The van der Waals surface area contributed by atoms with E-state index in [2.05, 4.69) is 0 Å². The SMILES string of the molecule is CC(=O)CC(=O)N1CC(C)OC(C)(C)C1. The highest BCUT2D eigenvalue weighted by Gasteiger charge is 2.33. The zero-order valence-electron chi connectivity index (χ0n) is 9.87. The Kier molecular flexibility index (Phi) is 3.50. The van der Waals surface area contributed by atoms with Crippen LogP contribution in [0.4, 0.5) is 0 Å². The molecule has 1 aliphatic rings. The summed E-state index contributed by atoms with van der Waals surface area (Å²) >= 11 is 0. The lowest BCUT2D eigenvalue weighted by Gasteiger charge is -2.41. The van der Waals surface area contributed by atoms with Crippen LogP contribution in [0.1, 0.15) is 34.1 Å². The van der Waals surface area contributed by atoms with E-state index in [0.717, 1.165) is 0 Å². The molecule has 0 saturated carbocycles. The summed E-state index contributed by atoms with van der Waals surface area (Å²) in [5.74, 6) is -0.178. The van der Waals surface area contributed by atoms with E-state index in [1.165, 1.54) is 6.92 Å². The average Bonchev–Trinajstić information content (AvgIpc) is 1.98. The number of nitrogens with zero attached hydrogens (tertiary/aromatic N) is 1. The van der Waals surface area contributed by atoms with Crippen molar-refractivity contribution in [2.24, 2.45) is 0 Å². The van der Waals surface area contributed by atoms with Gasteiger partial charge in [0.05, 0.1) is 18.1 Å². The Hall–Kier alpha value is -0.900. The van der Waals surface area contributed by atoms with Gasteiger partial charge >= 0.3 is 0 Å². The smallest absolute Gasteiger partial charge is 0.230 e. The van der Waals surface area contributed by atoms with Gasteiger partial charge in [0.15, 0.2) is 0 Å². The topological polar surface area (TPSA) is 46.6 Å². The van der Waals surface area contributed by atoms with Crippen molar-refractivity contribution in [3.05, 3.63) is 0 Å². The van der Waals surface area contributed by atoms with Gasteiger partial charge in [0.1, 0.15) is 5.78 Å². The fourth-order valence-corrected chi connectivity index (χ4v) is 1.97. The molecule has 1 aliphatic heterocycles. The van der Waals surface area contributed by atoms with Crippen LogP contribution in [0.3, 0.4) is 0 Å². The number of hydrogen-bond acceptors (Lipinski definition) is 3. The highest BCUT2D eigenvalue weighted by molar-refractivity contribution is 5.96. The summed E-state index contributed by atoms with van der Waals surface area (Å²) in [4.78, 5) is 24.3. The lowest BCUT2D eigenvalue weighted by Crippen LogP contribution is -2.54. The molecule has 86 valence electrons. The van der Waals surface area contributed by atoms with Gasteiger partial charge in [-0.1, -0.05) is 0 Å². The molecular formula is C11H19NO3. The molecule has 0 bridgehead atoms. The number of hydrogen-bond donors (Lipinski definition) is 0. The molecule has 0 aromatic rings. The summed E-state index contributed by atoms with van der Waals surface area (Å²) < 4.78 is 5.68. The summed E-state index contributed by atoms with van der Waals surface area (Å²) in [6.07, 6.45) is 0.0349. The summed E-state index contributed by atoms with van der Waals surface area (Å²) in [7, 11) is 0. The normalized spacial score (nSPS) is 25.1. The number of rotatable bonds is 2. The number of carbonyl (C=O) groups is 2. The summed E-state index contributed by atoms with van der Waals surface area (Å²) in [5.41, 5.74) is -0.315. The molecule has 1 unspecified atom stereocenters. The van der Waals surface area contributed by atoms with E-state index in [1.54, 1.807) is 4.90 Å². The largest absolute Gasteiger partial charge is 0.369 e. The second kappa shape index (κ2) is 4.31. The molecule has 0 N–H and O–H groups in total. The highest BCUT2D eigenvalue weighted by Crippen LogP contribution is 2.21. The van der Waals surface area contributed by atoms with Gasteiger partial charge in [0, 0.05) is 13.1 Å². The Morgan fingerprint density at radius 3 is 2.53 bits per heavy atom. The van der Waals surface area contributed by atoms with E-state index in [1.807, 2.05) is 20.8 Å². The van der Waals surface area contributed by atoms with Crippen molar-refractivity contribution in [1.29, 1.82) is 0 Å². The standard InChI is InChI=1S/C11H19NO3/c1-8(13)5-10(14)12-6-9(2)15-11(3,4)7-12/h9H,5-7H2,1-4H3. The van der Waals surface area contributed by atoms with Gasteiger partial charge in [-0.05, 0) is 27.7 Å². The number of carbonyl (C=O) groups excluding carboxylic acids is 2. The first-order chi connectivity index (χ1) is 6.80. The van der Waals surface area contributed by atoms with Crippen LogP contribution in [0, 0.1) is 0 Å². The quantitative estimate of drug-likeness (QED) is 0.643. The Morgan fingerprint density at radius 2 is 2.07 bits per heavy atom. The maximum absolute atomic E-state index is 11.7. The van der Waals surface area contributed by atoms with Crippen molar-refractivity contribution in [3.63, 3.8) is 0 Å². The maximum atomic E-state index is 11.7. The lowest BCUT2D eigenvalue weighted by atomic mass is 10.0. The van der Waals surface area contributed by atoms with Gasteiger partial charge in [-0.25, -0.2) is 0 Å². The fraction of sp³-hybridized carbons (Fsp3) is 0.818. The van der Waals surface area contributed by atoms with Crippen molar-refractivity contribution in [3.8, 4) is 0 Å². The Balaban J connectivity index is 2.62. The predicted molar refractivity (Wildman–Crippen MR) is 56.5 cm³/mol. The molecule has 0 radical (unpaired) electrons. The van der Waals surface area contributed by atoms with Crippen molar-refractivity contribution in [2.75, 3.05) is 13.1 Å². The lowest BCUT2D eigenvalue weighted by molar-refractivity contribution is -0.159. The van der Waals surface area contributed by atoms with Gasteiger partial charge in [0.2, 0.25) is 5.91 Å². The second-order valence-corrected chi connectivity index (χ2v) is 4.84. The molecule has 1 heterocycles. The van der Waals surface area contributed by atoms with Crippen LogP contribution in [0.2, 0.25) is 0 Å². The Bertz CT molecular complexity index is 273. The third kappa shape index (κ3) is 3.63. The summed E-state index contributed by atoms with van der Waals surface area (Å²) in [5, 5.41) is 0. The van der Waals surface area contributed by atoms with Crippen LogP contribution in [0.5, 0.6) is 0 Å². The van der Waals surface area contributed by atoms with E-state index < -0.39 is 0 Å². The van der Waals surface area contributed by atoms with E-state index in [0.29, 0.717) is 13.1 Å². The molecule has 15 heavy (non-hydrogen) atoms. The van der Waals surface area contributed by atoms with Crippen LogP contribution in [-0.2, 0) is 14.3 Å². The summed E-state index contributed by atoms with van der Waals surface area (Å²) in [6, 6.07) is 0. The molecule has 0 spiro atoms. The van der Waals surface area contributed by atoms with Crippen molar-refractivity contribution in [2.45, 2.75) is 45.8 Å². The molecule has 0 aliphatic carbocycles. The number of ketones is 1. The zero-order valence-corrected chi connectivity index (χ0v) is 9.87. The van der Waals surface area contributed by atoms with E-state index >= 15 is 0 Å². The van der Waals surface area contributed by atoms with Crippen LogP contribution in [0.15, 0.2) is 0 Å². The van der Waals surface area contributed by atoms with Gasteiger partial charge < -0.3 is 9.64 Å². The number of ether oxygens (including phenoxy) is 1. The van der Waals surface area contributed by atoms with Crippen LogP contribution < -0.4 is 0 Å². The van der Waals surface area contributed by atoms with E-state index in [-0.39, 0.29) is 29.8 Å². The molecule has 4 nitrogen and oxygen atoms in total. The van der Waals surface area contributed by atoms with E-state index in [9.17, 15) is 9.59 Å². The molecule has 1 rings (SSSR count). The molecule has 1 fully saturated rings. The van der Waals surface area contributed by atoms with Gasteiger partial charge in [-0.15, -0.1) is 0 Å². The molecule has 4 heteroatoms. The van der Waals surface area contributed by atoms with E-state index in [4.69, 9.17) is 4.74 Å². The molecule has 1 atom stereocenters. The molecule has 1 saturated heterocycles. The Labute approximate surface area is 90.6 Å². The fourth-order valence-electron chi connectivity index (χ4n) is 1.97. The molecular weight excluding hydrogens is 194 g/mol. The minimum atomic E-state index is -0.315. The first kappa shape index (κ1) is 12.2. The molecule has 1 amide bonds. The third-order valence-electron chi connectivity index (χ3n) is 2.32. The van der Waals surface area contributed by atoms with Crippen molar-refractivity contribution in [1.82, 2.24) is 4.90 Å². The molecule has 0 aromatic heterocycles. The van der Waals surface area contributed by atoms with Gasteiger partial charge in [-0.3, -0.25) is 9.59 Å². The minimum absolute atomic E-state index is 0.00278. The van der Waals surface area contributed by atoms with Crippen molar-refractivity contribution >= 4 is 11.7 Å². The monoisotopic (exact) mass is 213 g/mol. The maximum Gasteiger partial charge on any atom is 0.230 e. The number of Topliss-reactive ketones (excluding diaryl/α,β-unsaturated/α-hetero) is 1. The first-order valence-corrected chi connectivity index (χ1v) is 5.25. The van der Waals surface area contributed by atoms with Gasteiger partial charge in [0.25, 0.3) is 0 Å². The number of amides is 1. The van der Waals surface area contributed by atoms with Crippen LogP contribution in [-0.4, -0.2) is 41.4 Å². The summed E-state index contributed by atoms with van der Waals surface area (Å²) in [6.45, 7) is 8.42. The van der Waals surface area contributed by atoms with Gasteiger partial charge in [-0.2, -0.15) is 0 Å². The third-order valence-corrected chi connectivity index (χ3v) is 2.32.